The van der Waals surface area contributed by atoms with Crippen LogP contribution in [0.2, 0.25) is 0 Å². The first-order valence-corrected chi connectivity index (χ1v) is 9.74. The number of carbonyl (C=O) groups is 1. The van der Waals surface area contributed by atoms with Crippen molar-refractivity contribution in [3.05, 3.63) is 35.4 Å². The van der Waals surface area contributed by atoms with Crippen LogP contribution in [0, 0.1) is 5.92 Å². The van der Waals surface area contributed by atoms with Crippen LogP contribution in [0.5, 0.6) is 0 Å². The van der Waals surface area contributed by atoms with Crippen LogP contribution >= 0.6 is 0 Å². The highest BCUT2D eigenvalue weighted by atomic mass is 19.4. The van der Waals surface area contributed by atoms with Crippen molar-refractivity contribution in [1.29, 1.82) is 0 Å². The Morgan fingerprint density at radius 2 is 1.85 bits per heavy atom. The van der Waals surface area contributed by atoms with Crippen molar-refractivity contribution in [3.63, 3.8) is 0 Å². The lowest BCUT2D eigenvalue weighted by Gasteiger charge is -2.41. The number of rotatable bonds is 4. The van der Waals surface area contributed by atoms with Gasteiger partial charge in [-0.3, -0.25) is 9.69 Å². The minimum atomic E-state index is -4.35. The predicted molar refractivity (Wildman–Crippen MR) is 98.4 cm³/mol. The summed E-state index contributed by atoms with van der Waals surface area (Å²) < 4.78 is 38.6. The summed E-state index contributed by atoms with van der Waals surface area (Å²) in [7, 11) is 0. The Morgan fingerprint density at radius 3 is 2.48 bits per heavy atom. The largest absolute Gasteiger partial charge is 0.416 e. The van der Waals surface area contributed by atoms with Gasteiger partial charge in [0.1, 0.15) is 0 Å². The van der Waals surface area contributed by atoms with Crippen LogP contribution in [0.25, 0.3) is 0 Å². The summed E-state index contributed by atoms with van der Waals surface area (Å²) in [6.07, 6.45) is -1.72. The van der Waals surface area contributed by atoms with Gasteiger partial charge in [-0.05, 0) is 44.0 Å². The minimum absolute atomic E-state index is 0.0392. The molecule has 1 aromatic rings. The zero-order valence-electron chi connectivity index (χ0n) is 15.8. The van der Waals surface area contributed by atoms with Crippen molar-refractivity contribution in [3.8, 4) is 0 Å². The van der Waals surface area contributed by atoms with E-state index in [1.807, 2.05) is 11.8 Å². The zero-order chi connectivity index (χ0) is 19.4. The summed E-state index contributed by atoms with van der Waals surface area (Å²) in [6, 6.07) is 5.89. The van der Waals surface area contributed by atoms with Crippen LogP contribution in [-0.4, -0.2) is 61.0 Å². The quantitative estimate of drug-likeness (QED) is 0.869. The van der Waals surface area contributed by atoms with E-state index in [9.17, 15) is 18.0 Å². The van der Waals surface area contributed by atoms with Gasteiger partial charge in [0.2, 0.25) is 5.91 Å². The molecule has 1 amide bonds. The molecule has 2 aliphatic rings. The average Bonchev–Trinajstić information content (AvgIpc) is 2.68. The molecule has 0 bridgehead atoms. The highest BCUT2D eigenvalue weighted by Crippen LogP contribution is 2.30. The molecule has 7 heteroatoms. The van der Waals surface area contributed by atoms with Gasteiger partial charge >= 0.3 is 6.18 Å². The van der Waals surface area contributed by atoms with E-state index in [4.69, 9.17) is 0 Å². The van der Waals surface area contributed by atoms with Gasteiger partial charge in [-0.2, -0.15) is 13.2 Å². The number of amides is 1. The lowest BCUT2D eigenvalue weighted by molar-refractivity contribution is -0.137. The number of alkyl halides is 3. The monoisotopic (exact) mass is 383 g/mol. The van der Waals surface area contributed by atoms with Crippen molar-refractivity contribution < 1.29 is 18.0 Å². The molecule has 2 fully saturated rings. The molecule has 0 spiro atoms. The van der Waals surface area contributed by atoms with E-state index in [1.54, 1.807) is 6.07 Å². The molecule has 27 heavy (non-hydrogen) atoms. The van der Waals surface area contributed by atoms with Crippen molar-refractivity contribution in [2.75, 3.05) is 39.3 Å². The first-order chi connectivity index (χ1) is 12.8. The number of nitrogens with one attached hydrogen (secondary N) is 1. The van der Waals surface area contributed by atoms with Crippen LogP contribution in [-0.2, 0) is 17.4 Å². The van der Waals surface area contributed by atoms with E-state index >= 15 is 0 Å². The SMILES string of the molecule is C[C@H](Cc1cccc(C(F)(F)F)c1)C(=O)N1CCN(C2CCNCC2)CC1. The molecule has 2 saturated heterocycles. The van der Waals surface area contributed by atoms with Crippen LogP contribution < -0.4 is 5.32 Å². The van der Waals surface area contributed by atoms with E-state index in [2.05, 4.69) is 10.2 Å². The lowest BCUT2D eigenvalue weighted by atomic mass is 9.97. The molecule has 0 unspecified atom stereocenters. The lowest BCUT2D eigenvalue weighted by Crippen LogP contribution is -2.54. The Labute approximate surface area is 158 Å². The smallest absolute Gasteiger partial charge is 0.340 e. The molecule has 2 heterocycles. The molecule has 1 N–H and O–H groups in total. The van der Waals surface area contributed by atoms with E-state index < -0.39 is 11.7 Å². The summed E-state index contributed by atoms with van der Waals surface area (Å²) in [5.41, 5.74) is -0.103. The van der Waals surface area contributed by atoms with Gasteiger partial charge in [-0.1, -0.05) is 25.1 Å². The average molecular weight is 383 g/mol. The Morgan fingerprint density at radius 1 is 1.19 bits per heavy atom. The Balaban J connectivity index is 1.52. The zero-order valence-corrected chi connectivity index (χ0v) is 15.8. The number of piperidine rings is 1. The number of hydrogen-bond donors (Lipinski definition) is 1. The third kappa shape index (κ3) is 5.23. The molecule has 2 aliphatic heterocycles. The summed E-state index contributed by atoms with van der Waals surface area (Å²) in [5, 5.41) is 3.37. The van der Waals surface area contributed by atoms with Gasteiger partial charge in [-0.15, -0.1) is 0 Å². The van der Waals surface area contributed by atoms with Crippen molar-refractivity contribution in [2.45, 2.75) is 38.4 Å². The van der Waals surface area contributed by atoms with Gasteiger partial charge in [0, 0.05) is 38.1 Å². The van der Waals surface area contributed by atoms with Crippen LogP contribution in [0.1, 0.15) is 30.9 Å². The normalized spacial score (nSPS) is 21.3. The van der Waals surface area contributed by atoms with E-state index in [1.165, 1.54) is 6.07 Å². The summed E-state index contributed by atoms with van der Waals surface area (Å²) >= 11 is 0. The first-order valence-electron chi connectivity index (χ1n) is 9.74. The van der Waals surface area contributed by atoms with Crippen molar-refractivity contribution in [1.82, 2.24) is 15.1 Å². The molecular formula is C20H28F3N3O. The standard InChI is InChI=1S/C20H28F3N3O/c1-15(13-16-3-2-4-17(14-16)20(21,22)23)19(27)26-11-9-25(10-12-26)18-5-7-24-8-6-18/h2-4,14-15,18,24H,5-13H2,1H3/t15-/m1/s1. The topological polar surface area (TPSA) is 35.6 Å². The highest BCUT2D eigenvalue weighted by Gasteiger charge is 2.31. The molecule has 1 aromatic carbocycles. The third-order valence-electron chi connectivity index (χ3n) is 5.67. The van der Waals surface area contributed by atoms with E-state index in [-0.39, 0.29) is 11.8 Å². The van der Waals surface area contributed by atoms with E-state index in [0.29, 0.717) is 31.1 Å². The molecular weight excluding hydrogens is 355 g/mol. The van der Waals surface area contributed by atoms with Crippen molar-refractivity contribution in [2.24, 2.45) is 5.92 Å². The second kappa shape index (κ2) is 8.61. The molecule has 4 nitrogen and oxygen atoms in total. The maximum Gasteiger partial charge on any atom is 0.416 e. The highest BCUT2D eigenvalue weighted by molar-refractivity contribution is 5.79. The maximum absolute atomic E-state index is 12.9. The maximum atomic E-state index is 12.9. The number of hydrogen-bond acceptors (Lipinski definition) is 3. The van der Waals surface area contributed by atoms with Gasteiger partial charge in [0.05, 0.1) is 5.56 Å². The summed E-state index contributed by atoms with van der Waals surface area (Å²) in [5.74, 6) is -0.281. The number of nitrogens with zero attached hydrogens (tertiary/aromatic N) is 2. The molecule has 1 atom stereocenters. The Bertz CT molecular complexity index is 636. The minimum Gasteiger partial charge on any atom is -0.340 e. The molecule has 0 radical (unpaired) electrons. The van der Waals surface area contributed by atoms with Crippen LogP contribution in [0.4, 0.5) is 13.2 Å². The van der Waals surface area contributed by atoms with Crippen LogP contribution in [0.15, 0.2) is 24.3 Å². The van der Waals surface area contributed by atoms with Gasteiger partial charge in [-0.25, -0.2) is 0 Å². The number of benzene rings is 1. The Kier molecular flexibility index (Phi) is 6.42. The van der Waals surface area contributed by atoms with E-state index in [0.717, 1.165) is 51.2 Å². The summed E-state index contributed by atoms with van der Waals surface area (Å²) in [4.78, 5) is 17.1. The van der Waals surface area contributed by atoms with Gasteiger partial charge < -0.3 is 10.2 Å². The molecule has 0 aromatic heterocycles. The second-order valence-electron chi connectivity index (χ2n) is 7.65. The molecule has 0 aliphatic carbocycles. The molecule has 3 rings (SSSR count). The predicted octanol–water partition coefficient (Wildman–Crippen LogP) is 2.78. The third-order valence-corrected chi connectivity index (χ3v) is 5.67. The number of piperazine rings is 1. The first kappa shape index (κ1) is 20.1. The fourth-order valence-electron chi connectivity index (χ4n) is 4.11. The van der Waals surface area contributed by atoms with Gasteiger partial charge in [0.25, 0.3) is 0 Å². The number of halogens is 3. The molecule has 0 saturated carbocycles. The van der Waals surface area contributed by atoms with Gasteiger partial charge in [0.15, 0.2) is 0 Å². The fourth-order valence-corrected chi connectivity index (χ4v) is 4.11. The molecule has 150 valence electrons. The summed E-state index contributed by atoms with van der Waals surface area (Å²) in [6.45, 7) is 7.09. The fraction of sp³-hybridized carbons (Fsp3) is 0.650. The van der Waals surface area contributed by atoms with Crippen LogP contribution in [0.3, 0.4) is 0 Å². The second-order valence-corrected chi connectivity index (χ2v) is 7.65. The van der Waals surface area contributed by atoms with Crippen molar-refractivity contribution >= 4 is 5.91 Å². The number of carbonyl (C=O) groups excluding carboxylic acids is 1. The Hall–Kier alpha value is -1.60.